The summed E-state index contributed by atoms with van der Waals surface area (Å²) in [6.07, 6.45) is 2.54. The summed E-state index contributed by atoms with van der Waals surface area (Å²) in [4.78, 5) is 34.1. The smallest absolute Gasteiger partial charge is 0.331 e. The molecule has 2 rings (SSSR count). The van der Waals surface area contributed by atoms with Crippen molar-refractivity contribution in [3.05, 3.63) is 57.1 Å². The lowest BCUT2D eigenvalue weighted by molar-refractivity contribution is -0.384. The zero-order valence-electron chi connectivity index (χ0n) is 16.8. The molecule has 0 atom stereocenters. The zero-order chi connectivity index (χ0) is 23.0. The molecule has 164 valence electrons. The molecule has 0 saturated heterocycles. The van der Waals surface area contributed by atoms with Crippen LogP contribution in [-0.4, -0.2) is 44.7 Å². The number of benzene rings is 2. The number of nitrogens with zero attached hydrogens (tertiary/aromatic N) is 1. The topological polar surface area (TPSA) is 126 Å². The van der Waals surface area contributed by atoms with Crippen LogP contribution in [0.4, 0.5) is 11.4 Å². The molecule has 1 amide bonds. The highest BCUT2D eigenvalue weighted by molar-refractivity contribution is 6.33. The van der Waals surface area contributed by atoms with E-state index in [2.05, 4.69) is 5.32 Å². The first kappa shape index (κ1) is 23.5. The fourth-order valence-electron chi connectivity index (χ4n) is 2.43. The van der Waals surface area contributed by atoms with Crippen LogP contribution < -0.4 is 19.5 Å². The molecule has 31 heavy (non-hydrogen) atoms. The molecule has 0 radical (unpaired) electrons. The number of nitro benzene ring substituents is 1. The number of nitrogens with one attached hydrogen (secondary N) is 1. The minimum atomic E-state index is -0.794. The average molecular weight is 451 g/mol. The van der Waals surface area contributed by atoms with Crippen LogP contribution in [0.25, 0.3) is 6.08 Å². The molecular formula is C20H19ClN2O8. The summed E-state index contributed by atoms with van der Waals surface area (Å²) in [6, 6.07) is 6.79. The summed E-state index contributed by atoms with van der Waals surface area (Å²) in [7, 11) is 4.41. The van der Waals surface area contributed by atoms with Gasteiger partial charge in [0, 0.05) is 29.8 Å². The van der Waals surface area contributed by atoms with Crippen molar-refractivity contribution in [3.8, 4) is 17.2 Å². The highest BCUT2D eigenvalue weighted by Crippen LogP contribution is 2.35. The van der Waals surface area contributed by atoms with E-state index in [0.29, 0.717) is 22.8 Å². The predicted molar refractivity (Wildman–Crippen MR) is 113 cm³/mol. The quantitative estimate of drug-likeness (QED) is 0.266. The van der Waals surface area contributed by atoms with Gasteiger partial charge in [-0.15, -0.1) is 0 Å². The van der Waals surface area contributed by atoms with Crippen molar-refractivity contribution < 1.29 is 33.5 Å². The Hall–Kier alpha value is -3.79. The Kier molecular flexibility index (Phi) is 8.21. The van der Waals surface area contributed by atoms with Crippen LogP contribution in [0.3, 0.4) is 0 Å². The van der Waals surface area contributed by atoms with Gasteiger partial charge in [0.25, 0.3) is 11.6 Å². The summed E-state index contributed by atoms with van der Waals surface area (Å²) in [5, 5.41) is 13.3. The van der Waals surface area contributed by atoms with Gasteiger partial charge in [0.2, 0.25) is 0 Å². The Labute approximate surface area is 182 Å². The van der Waals surface area contributed by atoms with Gasteiger partial charge in [-0.05, 0) is 18.2 Å². The van der Waals surface area contributed by atoms with Crippen molar-refractivity contribution in [1.29, 1.82) is 0 Å². The molecular weight excluding hydrogens is 432 g/mol. The Balaban J connectivity index is 2.01. The third-order valence-electron chi connectivity index (χ3n) is 3.92. The monoisotopic (exact) mass is 450 g/mol. The first-order valence-electron chi connectivity index (χ1n) is 8.67. The molecule has 0 bridgehead atoms. The van der Waals surface area contributed by atoms with E-state index in [1.807, 2.05) is 0 Å². The Bertz CT molecular complexity index is 1020. The van der Waals surface area contributed by atoms with Crippen LogP contribution in [0.15, 0.2) is 36.4 Å². The number of carbonyl (C=O) groups excluding carboxylic acids is 2. The lowest BCUT2D eigenvalue weighted by Gasteiger charge is -2.12. The van der Waals surface area contributed by atoms with Gasteiger partial charge in [0.15, 0.2) is 18.1 Å². The fourth-order valence-corrected chi connectivity index (χ4v) is 2.60. The number of rotatable bonds is 9. The Morgan fingerprint density at radius 3 is 2.32 bits per heavy atom. The molecule has 11 heteroatoms. The second-order valence-corrected chi connectivity index (χ2v) is 6.27. The lowest BCUT2D eigenvalue weighted by atomic mass is 10.1. The van der Waals surface area contributed by atoms with E-state index >= 15 is 0 Å². The number of methoxy groups -OCH3 is 3. The van der Waals surface area contributed by atoms with Crippen molar-refractivity contribution in [2.24, 2.45) is 0 Å². The standard InChI is InChI=1S/C20H19ClN2O8/c1-28-16-10-18(30-3)17(29-2)8-12(16)4-7-20(25)31-11-19(24)22-15-9-13(23(26)27)5-6-14(15)21/h4-10H,11H2,1-3H3,(H,22,24)/b7-4+. The molecule has 0 fully saturated rings. The summed E-state index contributed by atoms with van der Waals surface area (Å²) >= 11 is 5.91. The maximum absolute atomic E-state index is 12.0. The highest BCUT2D eigenvalue weighted by atomic mass is 35.5. The van der Waals surface area contributed by atoms with Gasteiger partial charge < -0.3 is 24.3 Å². The number of carbonyl (C=O) groups is 2. The number of non-ortho nitro benzene ring substituents is 1. The van der Waals surface area contributed by atoms with E-state index in [1.165, 1.54) is 39.5 Å². The van der Waals surface area contributed by atoms with Crippen LogP contribution in [0, 0.1) is 10.1 Å². The van der Waals surface area contributed by atoms with Crippen molar-refractivity contribution in [1.82, 2.24) is 0 Å². The average Bonchev–Trinajstić information content (AvgIpc) is 2.76. The highest BCUT2D eigenvalue weighted by Gasteiger charge is 2.14. The number of amides is 1. The SMILES string of the molecule is COc1cc(OC)c(OC)cc1/C=C/C(=O)OCC(=O)Nc1cc([N+](=O)[O-])ccc1Cl. The second-order valence-electron chi connectivity index (χ2n) is 5.86. The van der Waals surface area contributed by atoms with E-state index < -0.39 is 23.4 Å². The summed E-state index contributed by atoms with van der Waals surface area (Å²) in [5.41, 5.74) is 0.302. The fraction of sp³-hybridized carbons (Fsp3) is 0.200. The molecule has 0 aliphatic heterocycles. The molecule has 0 saturated carbocycles. The number of anilines is 1. The molecule has 0 spiro atoms. The molecule has 0 aliphatic carbocycles. The van der Waals surface area contributed by atoms with Crippen LogP contribution >= 0.6 is 11.6 Å². The number of hydrogen-bond donors (Lipinski definition) is 1. The number of ether oxygens (including phenoxy) is 4. The molecule has 0 heterocycles. The minimum Gasteiger partial charge on any atom is -0.496 e. The van der Waals surface area contributed by atoms with Gasteiger partial charge in [-0.2, -0.15) is 0 Å². The first-order valence-corrected chi connectivity index (χ1v) is 9.05. The van der Waals surface area contributed by atoms with Gasteiger partial charge in [-0.1, -0.05) is 11.6 Å². The van der Waals surface area contributed by atoms with Crippen LogP contribution in [0.1, 0.15) is 5.56 Å². The van der Waals surface area contributed by atoms with E-state index in [1.54, 1.807) is 12.1 Å². The number of esters is 1. The van der Waals surface area contributed by atoms with E-state index in [4.69, 9.17) is 30.5 Å². The largest absolute Gasteiger partial charge is 0.496 e. The first-order chi connectivity index (χ1) is 14.8. The molecule has 0 aromatic heterocycles. The van der Waals surface area contributed by atoms with Gasteiger partial charge in [-0.3, -0.25) is 14.9 Å². The van der Waals surface area contributed by atoms with Gasteiger partial charge in [0.1, 0.15) is 5.75 Å². The number of halogens is 1. The summed E-state index contributed by atoms with van der Waals surface area (Å²) in [5.74, 6) is -0.190. The summed E-state index contributed by atoms with van der Waals surface area (Å²) in [6.45, 7) is -0.620. The van der Waals surface area contributed by atoms with Crippen molar-refractivity contribution in [2.75, 3.05) is 33.3 Å². The van der Waals surface area contributed by atoms with Gasteiger partial charge in [-0.25, -0.2) is 4.79 Å². The third kappa shape index (κ3) is 6.34. The van der Waals surface area contributed by atoms with E-state index in [-0.39, 0.29) is 16.4 Å². The van der Waals surface area contributed by atoms with Crippen LogP contribution in [0.5, 0.6) is 17.2 Å². The molecule has 0 aliphatic rings. The minimum absolute atomic E-state index is 0.0301. The normalized spacial score (nSPS) is 10.5. The van der Waals surface area contributed by atoms with Crippen molar-refractivity contribution in [2.45, 2.75) is 0 Å². The van der Waals surface area contributed by atoms with Gasteiger partial charge >= 0.3 is 5.97 Å². The molecule has 2 aromatic rings. The van der Waals surface area contributed by atoms with Crippen molar-refractivity contribution in [3.63, 3.8) is 0 Å². The van der Waals surface area contributed by atoms with E-state index in [0.717, 1.165) is 12.1 Å². The van der Waals surface area contributed by atoms with E-state index in [9.17, 15) is 19.7 Å². The molecule has 1 N–H and O–H groups in total. The second kappa shape index (κ2) is 10.8. The van der Waals surface area contributed by atoms with Crippen LogP contribution in [-0.2, 0) is 14.3 Å². The molecule has 10 nitrogen and oxygen atoms in total. The Morgan fingerprint density at radius 1 is 1.06 bits per heavy atom. The van der Waals surface area contributed by atoms with Crippen LogP contribution in [0.2, 0.25) is 5.02 Å². The maximum Gasteiger partial charge on any atom is 0.331 e. The maximum atomic E-state index is 12.0. The number of nitro groups is 1. The van der Waals surface area contributed by atoms with Gasteiger partial charge in [0.05, 0.1) is 37.0 Å². The third-order valence-corrected chi connectivity index (χ3v) is 4.24. The molecule has 2 aromatic carbocycles. The predicted octanol–water partition coefficient (Wildman–Crippen LogP) is 3.47. The summed E-state index contributed by atoms with van der Waals surface area (Å²) < 4.78 is 20.5. The zero-order valence-corrected chi connectivity index (χ0v) is 17.6. The lowest BCUT2D eigenvalue weighted by Crippen LogP contribution is -2.20. The Morgan fingerprint density at radius 2 is 1.71 bits per heavy atom. The number of hydrogen-bond acceptors (Lipinski definition) is 8. The molecule has 0 unspecified atom stereocenters. The van der Waals surface area contributed by atoms with Crippen molar-refractivity contribution >= 4 is 40.9 Å².